The van der Waals surface area contributed by atoms with Gasteiger partial charge in [0, 0.05) is 12.5 Å². The fourth-order valence-corrected chi connectivity index (χ4v) is 2.05. The summed E-state index contributed by atoms with van der Waals surface area (Å²) in [5.41, 5.74) is 2.13. The van der Waals surface area contributed by atoms with Crippen molar-refractivity contribution < 1.29 is 9.84 Å². The van der Waals surface area contributed by atoms with Gasteiger partial charge in [0.25, 0.3) is 0 Å². The molecule has 3 heteroatoms. The van der Waals surface area contributed by atoms with Gasteiger partial charge in [-0.25, -0.2) is 4.99 Å². The molecule has 0 saturated carbocycles. The van der Waals surface area contributed by atoms with Crippen LogP contribution in [0.3, 0.4) is 0 Å². The maximum absolute atomic E-state index is 10.4. The Morgan fingerprint density at radius 1 is 1.00 bits per heavy atom. The molecule has 0 saturated heterocycles. The van der Waals surface area contributed by atoms with Crippen LogP contribution in [0.2, 0.25) is 0 Å². The SMILES string of the molecule is C[C@]1(O)Oc2ccccc2N=C1c1ccccc1. The zero-order valence-electron chi connectivity index (χ0n) is 10.00. The van der Waals surface area contributed by atoms with Crippen molar-refractivity contribution in [1.29, 1.82) is 0 Å². The van der Waals surface area contributed by atoms with Gasteiger partial charge in [-0.15, -0.1) is 0 Å². The number of aliphatic hydroxyl groups is 1. The van der Waals surface area contributed by atoms with Gasteiger partial charge in [-0.3, -0.25) is 0 Å². The molecular formula is C15H13NO2. The van der Waals surface area contributed by atoms with Gasteiger partial charge >= 0.3 is 0 Å². The van der Waals surface area contributed by atoms with Crippen LogP contribution in [0.25, 0.3) is 0 Å². The van der Waals surface area contributed by atoms with E-state index in [4.69, 9.17) is 4.74 Å². The summed E-state index contributed by atoms with van der Waals surface area (Å²) in [6, 6.07) is 17.0. The number of rotatable bonds is 1. The minimum atomic E-state index is -1.41. The first kappa shape index (κ1) is 11.0. The van der Waals surface area contributed by atoms with Crippen LogP contribution in [-0.4, -0.2) is 16.6 Å². The molecule has 1 aliphatic heterocycles. The molecule has 0 unspecified atom stereocenters. The maximum atomic E-state index is 10.4. The van der Waals surface area contributed by atoms with Crippen LogP contribution in [0.15, 0.2) is 59.6 Å². The van der Waals surface area contributed by atoms with Crippen LogP contribution >= 0.6 is 0 Å². The zero-order valence-corrected chi connectivity index (χ0v) is 10.00. The first-order valence-electron chi connectivity index (χ1n) is 5.82. The number of hydrogen-bond donors (Lipinski definition) is 1. The summed E-state index contributed by atoms with van der Waals surface area (Å²) in [5.74, 6) is -0.808. The minimum Gasteiger partial charge on any atom is -0.455 e. The Morgan fingerprint density at radius 2 is 1.67 bits per heavy atom. The van der Waals surface area contributed by atoms with Gasteiger partial charge in [0.15, 0.2) is 0 Å². The minimum absolute atomic E-state index is 0.529. The lowest BCUT2D eigenvalue weighted by Gasteiger charge is -2.31. The van der Waals surface area contributed by atoms with Gasteiger partial charge in [0.05, 0.1) is 0 Å². The summed E-state index contributed by atoms with van der Waals surface area (Å²) in [4.78, 5) is 4.51. The van der Waals surface area contributed by atoms with Crippen LogP contribution in [-0.2, 0) is 0 Å². The van der Waals surface area contributed by atoms with Crippen LogP contribution < -0.4 is 4.74 Å². The van der Waals surface area contributed by atoms with Crippen molar-refractivity contribution in [2.75, 3.05) is 0 Å². The molecule has 0 aliphatic carbocycles. The molecule has 18 heavy (non-hydrogen) atoms. The number of fused-ring (bicyclic) bond motifs is 1. The van der Waals surface area contributed by atoms with Gasteiger partial charge in [-0.05, 0) is 12.1 Å². The van der Waals surface area contributed by atoms with Crippen molar-refractivity contribution in [1.82, 2.24) is 0 Å². The van der Waals surface area contributed by atoms with E-state index in [1.807, 2.05) is 48.5 Å². The fraction of sp³-hybridized carbons (Fsp3) is 0.133. The molecule has 3 rings (SSSR count). The molecule has 2 aromatic rings. The van der Waals surface area contributed by atoms with E-state index in [0.29, 0.717) is 11.5 Å². The van der Waals surface area contributed by atoms with Gasteiger partial charge in [0.1, 0.15) is 17.1 Å². The highest BCUT2D eigenvalue weighted by molar-refractivity contribution is 6.08. The second kappa shape index (κ2) is 3.96. The number of para-hydroxylation sites is 2. The molecule has 1 heterocycles. The number of benzene rings is 2. The van der Waals surface area contributed by atoms with Crippen molar-refractivity contribution in [3.05, 3.63) is 60.2 Å². The van der Waals surface area contributed by atoms with Crippen molar-refractivity contribution in [2.45, 2.75) is 12.7 Å². The Bertz CT molecular complexity index is 603. The molecule has 0 bridgehead atoms. The summed E-state index contributed by atoms with van der Waals surface area (Å²) < 4.78 is 5.61. The van der Waals surface area contributed by atoms with E-state index in [-0.39, 0.29) is 0 Å². The van der Waals surface area contributed by atoms with Gasteiger partial charge in [-0.1, -0.05) is 42.5 Å². The van der Waals surface area contributed by atoms with Gasteiger partial charge in [0.2, 0.25) is 5.79 Å². The molecule has 2 aromatic carbocycles. The van der Waals surface area contributed by atoms with Crippen molar-refractivity contribution in [3.63, 3.8) is 0 Å². The van der Waals surface area contributed by atoms with E-state index in [9.17, 15) is 5.11 Å². The van der Waals surface area contributed by atoms with Crippen LogP contribution in [0, 0.1) is 0 Å². The average Bonchev–Trinajstić information content (AvgIpc) is 2.38. The third-order valence-electron chi connectivity index (χ3n) is 2.89. The first-order chi connectivity index (χ1) is 8.67. The second-order valence-corrected chi connectivity index (χ2v) is 4.38. The molecule has 0 spiro atoms. The lowest BCUT2D eigenvalue weighted by atomic mass is 10.0. The monoisotopic (exact) mass is 239 g/mol. The number of nitrogens with zero attached hydrogens (tertiary/aromatic N) is 1. The first-order valence-corrected chi connectivity index (χ1v) is 5.82. The summed E-state index contributed by atoms with van der Waals surface area (Å²) in [6.45, 7) is 1.61. The predicted octanol–water partition coefficient (Wildman–Crippen LogP) is 2.91. The number of aliphatic imine (C=N–C) groups is 1. The van der Waals surface area contributed by atoms with Gasteiger partial charge < -0.3 is 9.84 Å². The molecule has 1 aliphatic rings. The van der Waals surface area contributed by atoms with Crippen molar-refractivity contribution >= 4 is 11.4 Å². The van der Waals surface area contributed by atoms with E-state index in [0.717, 1.165) is 11.3 Å². The molecule has 0 fully saturated rings. The van der Waals surface area contributed by atoms with E-state index in [2.05, 4.69) is 4.99 Å². The summed E-state index contributed by atoms with van der Waals surface area (Å²) >= 11 is 0. The highest BCUT2D eigenvalue weighted by atomic mass is 16.6. The number of ether oxygens (including phenoxy) is 1. The third-order valence-corrected chi connectivity index (χ3v) is 2.89. The van der Waals surface area contributed by atoms with Crippen LogP contribution in [0.1, 0.15) is 12.5 Å². The predicted molar refractivity (Wildman–Crippen MR) is 70.3 cm³/mol. The quantitative estimate of drug-likeness (QED) is 0.831. The van der Waals surface area contributed by atoms with Crippen molar-refractivity contribution in [3.8, 4) is 5.75 Å². The van der Waals surface area contributed by atoms with Gasteiger partial charge in [-0.2, -0.15) is 0 Å². The fourth-order valence-electron chi connectivity index (χ4n) is 2.05. The topological polar surface area (TPSA) is 41.8 Å². The smallest absolute Gasteiger partial charge is 0.249 e. The van der Waals surface area contributed by atoms with E-state index < -0.39 is 5.79 Å². The zero-order chi connectivity index (χ0) is 12.6. The lowest BCUT2D eigenvalue weighted by Crippen LogP contribution is -2.43. The molecule has 0 aromatic heterocycles. The highest BCUT2D eigenvalue weighted by Crippen LogP contribution is 2.36. The maximum Gasteiger partial charge on any atom is 0.249 e. The Hall–Kier alpha value is -2.13. The molecule has 0 amide bonds. The lowest BCUT2D eigenvalue weighted by molar-refractivity contribution is -0.0600. The van der Waals surface area contributed by atoms with E-state index in [1.54, 1.807) is 13.0 Å². The standard InChI is InChI=1S/C15H13NO2/c1-15(17)14(11-7-3-2-4-8-11)16-12-9-5-6-10-13(12)18-15/h2-10,17H,1H3/t15-/m0/s1. The highest BCUT2D eigenvalue weighted by Gasteiger charge is 2.35. The molecule has 3 nitrogen and oxygen atoms in total. The molecule has 1 atom stereocenters. The van der Waals surface area contributed by atoms with Crippen molar-refractivity contribution in [2.24, 2.45) is 4.99 Å². The van der Waals surface area contributed by atoms with E-state index in [1.165, 1.54) is 0 Å². The second-order valence-electron chi connectivity index (χ2n) is 4.38. The molecule has 1 N–H and O–H groups in total. The Kier molecular flexibility index (Phi) is 2.42. The third kappa shape index (κ3) is 1.79. The van der Waals surface area contributed by atoms with Crippen LogP contribution in [0.4, 0.5) is 5.69 Å². The molecular weight excluding hydrogens is 226 g/mol. The summed E-state index contributed by atoms with van der Waals surface area (Å²) in [7, 11) is 0. The summed E-state index contributed by atoms with van der Waals surface area (Å²) in [5, 5.41) is 10.4. The Labute approximate surface area is 105 Å². The van der Waals surface area contributed by atoms with E-state index >= 15 is 0 Å². The molecule has 90 valence electrons. The largest absolute Gasteiger partial charge is 0.455 e. The normalized spacial score (nSPS) is 21.8. The Balaban J connectivity index is 2.16. The average molecular weight is 239 g/mol. The molecule has 0 radical (unpaired) electrons. The Morgan fingerprint density at radius 3 is 2.44 bits per heavy atom. The van der Waals surface area contributed by atoms with Crippen LogP contribution in [0.5, 0.6) is 5.75 Å². The number of hydrogen-bond acceptors (Lipinski definition) is 3. The summed E-state index contributed by atoms with van der Waals surface area (Å²) in [6.07, 6.45) is 0.